The van der Waals surface area contributed by atoms with E-state index in [-0.39, 0.29) is 6.61 Å². The molecular weight excluding hydrogens is 306 g/mol. The highest BCUT2D eigenvalue weighted by atomic mass is 79.9. The van der Waals surface area contributed by atoms with E-state index in [9.17, 15) is 0 Å². The Kier molecular flexibility index (Phi) is 5.63. The number of hydrogen-bond acceptors (Lipinski definition) is 4. The van der Waals surface area contributed by atoms with Gasteiger partial charge in [0.05, 0.1) is 6.61 Å². The average molecular weight is 328 g/mol. The average Bonchev–Trinajstić information content (AvgIpc) is 2.60. The van der Waals surface area contributed by atoms with Crippen molar-refractivity contribution in [2.75, 3.05) is 45.1 Å². The number of aliphatic hydroxyl groups excluding tert-OH is 1. The van der Waals surface area contributed by atoms with Gasteiger partial charge in [-0.1, -0.05) is 22.0 Å². The normalized spacial score (nSPS) is 18.4. The number of aliphatic hydroxyl groups is 1. The third-order valence-corrected chi connectivity index (χ3v) is 4.38. The molecule has 1 heterocycles. The first-order valence-corrected chi connectivity index (χ1v) is 7.58. The molecule has 1 saturated heterocycles. The SMILES string of the molecule is Nc1cccc(Br)c1CN1CCCN(CCO)CC1. The molecule has 0 aromatic heterocycles. The van der Waals surface area contributed by atoms with E-state index in [1.807, 2.05) is 18.2 Å². The second-order valence-corrected chi connectivity index (χ2v) is 5.86. The number of benzene rings is 1. The van der Waals surface area contributed by atoms with Gasteiger partial charge < -0.3 is 10.8 Å². The minimum absolute atomic E-state index is 0.247. The fourth-order valence-electron chi connectivity index (χ4n) is 2.51. The summed E-state index contributed by atoms with van der Waals surface area (Å²) in [5, 5.41) is 9.01. The fraction of sp³-hybridized carbons (Fsp3) is 0.571. The van der Waals surface area contributed by atoms with Gasteiger partial charge in [0.25, 0.3) is 0 Å². The van der Waals surface area contributed by atoms with Crippen molar-refractivity contribution in [2.24, 2.45) is 0 Å². The smallest absolute Gasteiger partial charge is 0.0558 e. The standard InChI is InChI=1S/C14H22BrN3O/c15-13-3-1-4-14(16)12(13)11-18-6-2-5-17(7-8-18)9-10-19/h1,3-4,19H,2,5-11,16H2. The maximum atomic E-state index is 9.01. The number of nitrogen functional groups attached to an aromatic ring is 1. The Morgan fingerprint density at radius 2 is 1.89 bits per heavy atom. The third-order valence-electron chi connectivity index (χ3n) is 3.63. The summed E-state index contributed by atoms with van der Waals surface area (Å²) in [5.74, 6) is 0. The number of nitrogens with two attached hydrogens (primary N) is 1. The van der Waals surface area contributed by atoms with Gasteiger partial charge >= 0.3 is 0 Å². The number of hydrogen-bond donors (Lipinski definition) is 2. The Balaban J connectivity index is 1.96. The van der Waals surface area contributed by atoms with Crippen LogP contribution in [0.3, 0.4) is 0 Å². The zero-order chi connectivity index (χ0) is 13.7. The highest BCUT2D eigenvalue weighted by Gasteiger charge is 2.16. The summed E-state index contributed by atoms with van der Waals surface area (Å²) >= 11 is 3.58. The molecule has 19 heavy (non-hydrogen) atoms. The van der Waals surface area contributed by atoms with E-state index >= 15 is 0 Å². The molecular formula is C14H22BrN3O. The molecule has 5 heteroatoms. The predicted octanol–water partition coefficient (Wildman–Crippen LogP) is 1.53. The molecule has 4 nitrogen and oxygen atoms in total. The van der Waals surface area contributed by atoms with Gasteiger partial charge in [-0.3, -0.25) is 9.80 Å². The van der Waals surface area contributed by atoms with Gasteiger partial charge in [-0.25, -0.2) is 0 Å². The molecule has 1 fully saturated rings. The molecule has 0 amide bonds. The molecule has 1 aliphatic heterocycles. The van der Waals surface area contributed by atoms with Crippen molar-refractivity contribution in [2.45, 2.75) is 13.0 Å². The van der Waals surface area contributed by atoms with Gasteiger partial charge in [-0.05, 0) is 31.6 Å². The van der Waals surface area contributed by atoms with Crippen molar-refractivity contribution in [3.05, 3.63) is 28.2 Å². The number of halogens is 1. The van der Waals surface area contributed by atoms with Crippen LogP contribution in [0, 0.1) is 0 Å². The molecule has 3 N–H and O–H groups in total. The van der Waals surface area contributed by atoms with Crippen LogP contribution in [0.4, 0.5) is 5.69 Å². The van der Waals surface area contributed by atoms with Gasteiger partial charge in [0.1, 0.15) is 0 Å². The molecule has 0 spiro atoms. The lowest BCUT2D eigenvalue weighted by molar-refractivity contribution is 0.196. The zero-order valence-corrected chi connectivity index (χ0v) is 12.8. The number of β-amino-alcohol motifs (C(OH)–C–C–N with tert-alkyl or cyclic N) is 1. The van der Waals surface area contributed by atoms with Crippen molar-refractivity contribution < 1.29 is 5.11 Å². The van der Waals surface area contributed by atoms with E-state index in [1.165, 1.54) is 5.56 Å². The molecule has 1 aliphatic rings. The second kappa shape index (κ2) is 7.24. The van der Waals surface area contributed by atoms with Crippen LogP contribution in [-0.2, 0) is 6.54 Å². The summed E-state index contributed by atoms with van der Waals surface area (Å²) in [5.41, 5.74) is 8.08. The molecule has 2 rings (SSSR count). The molecule has 0 bridgehead atoms. The van der Waals surface area contributed by atoms with E-state index in [4.69, 9.17) is 10.8 Å². The summed E-state index contributed by atoms with van der Waals surface area (Å²) in [4.78, 5) is 4.76. The van der Waals surface area contributed by atoms with Crippen molar-refractivity contribution in [1.29, 1.82) is 0 Å². The van der Waals surface area contributed by atoms with Gasteiger partial charge in [0, 0.05) is 41.9 Å². The summed E-state index contributed by atoms with van der Waals surface area (Å²) in [7, 11) is 0. The molecule has 0 unspecified atom stereocenters. The summed E-state index contributed by atoms with van der Waals surface area (Å²) in [6, 6.07) is 5.96. The second-order valence-electron chi connectivity index (χ2n) is 5.00. The van der Waals surface area contributed by atoms with E-state index in [2.05, 4.69) is 25.7 Å². The predicted molar refractivity (Wildman–Crippen MR) is 82.0 cm³/mol. The first-order valence-electron chi connectivity index (χ1n) is 6.79. The number of nitrogens with zero attached hydrogens (tertiary/aromatic N) is 2. The van der Waals surface area contributed by atoms with E-state index < -0.39 is 0 Å². The highest BCUT2D eigenvalue weighted by Crippen LogP contribution is 2.24. The molecule has 0 radical (unpaired) electrons. The largest absolute Gasteiger partial charge is 0.398 e. The lowest BCUT2D eigenvalue weighted by Gasteiger charge is -2.22. The van der Waals surface area contributed by atoms with Crippen LogP contribution in [0.2, 0.25) is 0 Å². The first-order chi connectivity index (χ1) is 9.20. The quantitative estimate of drug-likeness (QED) is 0.823. The van der Waals surface area contributed by atoms with Crippen LogP contribution in [0.5, 0.6) is 0 Å². The molecule has 0 atom stereocenters. The Morgan fingerprint density at radius 1 is 1.16 bits per heavy atom. The van der Waals surface area contributed by atoms with Gasteiger partial charge in [0.15, 0.2) is 0 Å². The van der Waals surface area contributed by atoms with E-state index in [0.717, 1.165) is 55.8 Å². The zero-order valence-electron chi connectivity index (χ0n) is 11.2. The molecule has 0 aliphatic carbocycles. The van der Waals surface area contributed by atoms with Gasteiger partial charge in [-0.15, -0.1) is 0 Å². The highest BCUT2D eigenvalue weighted by molar-refractivity contribution is 9.10. The maximum absolute atomic E-state index is 9.01. The van der Waals surface area contributed by atoms with Crippen LogP contribution < -0.4 is 5.73 Å². The minimum Gasteiger partial charge on any atom is -0.398 e. The monoisotopic (exact) mass is 327 g/mol. The Morgan fingerprint density at radius 3 is 2.63 bits per heavy atom. The first kappa shape index (κ1) is 14.8. The molecule has 1 aromatic carbocycles. The van der Waals surface area contributed by atoms with Crippen LogP contribution in [0.1, 0.15) is 12.0 Å². The summed E-state index contributed by atoms with van der Waals surface area (Å²) < 4.78 is 1.09. The molecule has 1 aromatic rings. The maximum Gasteiger partial charge on any atom is 0.0558 e. The van der Waals surface area contributed by atoms with E-state index in [0.29, 0.717) is 0 Å². The van der Waals surface area contributed by atoms with Crippen molar-refractivity contribution in [3.63, 3.8) is 0 Å². The van der Waals surface area contributed by atoms with Crippen LogP contribution >= 0.6 is 15.9 Å². The molecule has 106 valence electrons. The summed E-state index contributed by atoms with van der Waals surface area (Å²) in [6.07, 6.45) is 1.14. The van der Waals surface area contributed by atoms with Crippen molar-refractivity contribution in [3.8, 4) is 0 Å². The van der Waals surface area contributed by atoms with Crippen molar-refractivity contribution in [1.82, 2.24) is 9.80 Å². The van der Waals surface area contributed by atoms with Gasteiger partial charge in [-0.2, -0.15) is 0 Å². The third kappa shape index (κ3) is 4.18. The van der Waals surface area contributed by atoms with Crippen molar-refractivity contribution >= 4 is 21.6 Å². The lowest BCUT2D eigenvalue weighted by atomic mass is 10.1. The fourth-order valence-corrected chi connectivity index (χ4v) is 3.02. The van der Waals surface area contributed by atoms with Crippen LogP contribution in [0.15, 0.2) is 22.7 Å². The summed E-state index contributed by atoms with van der Waals surface area (Å²) in [6.45, 7) is 6.12. The Labute approximate surface area is 123 Å². The van der Waals surface area contributed by atoms with Gasteiger partial charge in [0.2, 0.25) is 0 Å². The van der Waals surface area contributed by atoms with E-state index in [1.54, 1.807) is 0 Å². The Bertz CT molecular complexity index is 393. The Hall–Kier alpha value is -0.620. The molecule has 0 saturated carbocycles. The minimum atomic E-state index is 0.247. The lowest BCUT2D eigenvalue weighted by Crippen LogP contribution is -2.32. The number of rotatable bonds is 4. The van der Waals surface area contributed by atoms with Crippen LogP contribution in [-0.4, -0.2) is 54.2 Å². The topological polar surface area (TPSA) is 52.7 Å². The van der Waals surface area contributed by atoms with Crippen LogP contribution in [0.25, 0.3) is 0 Å². The number of anilines is 1.